The zero-order chi connectivity index (χ0) is 8.97. The van der Waals surface area contributed by atoms with Crippen molar-refractivity contribution in [2.75, 3.05) is 18.6 Å². The highest BCUT2D eigenvalue weighted by molar-refractivity contribution is 7.14. The highest BCUT2D eigenvalue weighted by atomic mass is 32.1. The molecule has 0 atom stereocenters. The Morgan fingerprint density at radius 3 is 3.00 bits per heavy atom. The van der Waals surface area contributed by atoms with Crippen LogP contribution < -0.4 is 4.90 Å². The topological polar surface area (TPSA) is 40.5 Å². The van der Waals surface area contributed by atoms with E-state index >= 15 is 0 Å². The van der Waals surface area contributed by atoms with Gasteiger partial charge >= 0.3 is 0 Å². The zero-order valence-electron chi connectivity index (χ0n) is 6.86. The van der Waals surface area contributed by atoms with Crippen LogP contribution in [0.3, 0.4) is 0 Å². The van der Waals surface area contributed by atoms with Gasteiger partial charge in [0.15, 0.2) is 0 Å². The van der Waals surface area contributed by atoms with Crippen molar-refractivity contribution < 1.29 is 9.90 Å². The summed E-state index contributed by atoms with van der Waals surface area (Å²) in [6.07, 6.45) is 0.189. The molecular formula is C8H11NO2S. The number of hydrogen-bond donors (Lipinski definition) is 1. The Kier molecular flexibility index (Phi) is 3.25. The molecule has 1 amide bonds. The second-order valence-corrected chi connectivity index (χ2v) is 3.30. The second kappa shape index (κ2) is 4.23. The molecule has 3 nitrogen and oxygen atoms in total. The minimum atomic E-state index is -0.0887. The maximum Gasteiger partial charge on any atom is 0.229 e. The number of nitrogens with zero attached hydrogens (tertiary/aromatic N) is 1. The molecule has 0 fully saturated rings. The molecule has 0 radical (unpaired) electrons. The van der Waals surface area contributed by atoms with Gasteiger partial charge in [-0.3, -0.25) is 4.79 Å². The van der Waals surface area contributed by atoms with Gasteiger partial charge in [-0.2, -0.15) is 0 Å². The highest BCUT2D eigenvalue weighted by Gasteiger charge is 2.09. The van der Waals surface area contributed by atoms with E-state index in [0.29, 0.717) is 0 Å². The first-order chi connectivity index (χ1) is 5.75. The van der Waals surface area contributed by atoms with Gasteiger partial charge in [-0.05, 0) is 17.5 Å². The van der Waals surface area contributed by atoms with Crippen LogP contribution in [0.25, 0.3) is 0 Å². The molecular weight excluding hydrogens is 174 g/mol. The quantitative estimate of drug-likeness (QED) is 0.766. The van der Waals surface area contributed by atoms with Crippen molar-refractivity contribution in [2.45, 2.75) is 6.42 Å². The van der Waals surface area contributed by atoms with Gasteiger partial charge in [0.1, 0.15) is 0 Å². The van der Waals surface area contributed by atoms with Crippen LogP contribution in [0.4, 0.5) is 5.00 Å². The van der Waals surface area contributed by atoms with Crippen LogP contribution in [0.5, 0.6) is 0 Å². The first-order valence-electron chi connectivity index (χ1n) is 3.66. The lowest BCUT2D eigenvalue weighted by atomic mass is 10.4. The minimum Gasteiger partial charge on any atom is -0.396 e. The molecule has 1 rings (SSSR count). The highest BCUT2D eigenvalue weighted by Crippen LogP contribution is 2.19. The van der Waals surface area contributed by atoms with Crippen LogP contribution in [0, 0.1) is 0 Å². The van der Waals surface area contributed by atoms with E-state index in [2.05, 4.69) is 0 Å². The smallest absolute Gasteiger partial charge is 0.229 e. The normalized spacial score (nSPS) is 9.83. The summed E-state index contributed by atoms with van der Waals surface area (Å²) in [4.78, 5) is 12.8. The van der Waals surface area contributed by atoms with Crippen LogP contribution in [0.2, 0.25) is 0 Å². The van der Waals surface area contributed by atoms with E-state index in [9.17, 15) is 4.79 Å². The SMILES string of the molecule is CN(C(=O)CCO)c1cccs1. The van der Waals surface area contributed by atoms with Gasteiger partial charge in [0.2, 0.25) is 5.91 Å². The molecule has 0 spiro atoms. The number of hydrogen-bond acceptors (Lipinski definition) is 3. The van der Waals surface area contributed by atoms with Gasteiger partial charge in [0.05, 0.1) is 18.0 Å². The van der Waals surface area contributed by atoms with Gasteiger partial charge in [0.25, 0.3) is 0 Å². The number of aliphatic hydroxyl groups excluding tert-OH is 1. The van der Waals surface area contributed by atoms with E-state index in [1.54, 1.807) is 11.9 Å². The third-order valence-electron chi connectivity index (χ3n) is 1.54. The van der Waals surface area contributed by atoms with E-state index in [-0.39, 0.29) is 18.9 Å². The summed E-state index contributed by atoms with van der Waals surface area (Å²) in [5, 5.41) is 11.4. The molecule has 0 aliphatic carbocycles. The summed E-state index contributed by atoms with van der Waals surface area (Å²) in [6, 6.07) is 3.77. The lowest BCUT2D eigenvalue weighted by Gasteiger charge is -2.13. The van der Waals surface area contributed by atoms with E-state index in [4.69, 9.17) is 5.11 Å². The van der Waals surface area contributed by atoms with Gasteiger partial charge in [-0.15, -0.1) is 11.3 Å². The lowest BCUT2D eigenvalue weighted by Crippen LogP contribution is -2.25. The third-order valence-corrected chi connectivity index (χ3v) is 2.48. The average Bonchev–Trinajstić information content (AvgIpc) is 2.55. The maximum absolute atomic E-state index is 11.2. The van der Waals surface area contributed by atoms with Crippen molar-refractivity contribution in [3.63, 3.8) is 0 Å². The van der Waals surface area contributed by atoms with Crippen LogP contribution in [0.1, 0.15) is 6.42 Å². The Bertz CT molecular complexity index is 246. The molecule has 1 aromatic heterocycles. The third kappa shape index (κ3) is 2.06. The average molecular weight is 185 g/mol. The Morgan fingerprint density at radius 1 is 1.75 bits per heavy atom. The Balaban J connectivity index is 2.59. The van der Waals surface area contributed by atoms with Gasteiger partial charge < -0.3 is 10.0 Å². The largest absolute Gasteiger partial charge is 0.396 e. The molecule has 1 heterocycles. The summed E-state index contributed by atoms with van der Waals surface area (Å²) >= 11 is 1.51. The number of amides is 1. The molecule has 1 N–H and O–H groups in total. The van der Waals surface area contributed by atoms with Crippen molar-refractivity contribution in [1.82, 2.24) is 0 Å². The lowest BCUT2D eigenvalue weighted by molar-refractivity contribution is -0.118. The van der Waals surface area contributed by atoms with E-state index in [1.165, 1.54) is 11.3 Å². The van der Waals surface area contributed by atoms with Crippen LogP contribution in [0.15, 0.2) is 17.5 Å². The number of anilines is 1. The van der Waals surface area contributed by atoms with Crippen molar-refractivity contribution in [2.24, 2.45) is 0 Å². The Hall–Kier alpha value is -0.870. The van der Waals surface area contributed by atoms with Crippen molar-refractivity contribution in [3.05, 3.63) is 17.5 Å². The summed E-state index contributed by atoms with van der Waals surface area (Å²) in [6.45, 7) is -0.0887. The molecule has 0 unspecified atom stereocenters. The van der Waals surface area contributed by atoms with Gasteiger partial charge in [0, 0.05) is 7.05 Å². The summed E-state index contributed by atoms with van der Waals surface area (Å²) in [5.41, 5.74) is 0. The monoisotopic (exact) mass is 185 g/mol. The van der Waals surface area contributed by atoms with Crippen LogP contribution in [-0.4, -0.2) is 24.7 Å². The first-order valence-corrected chi connectivity index (χ1v) is 4.54. The standard InChI is InChI=1S/C8H11NO2S/c1-9(7(11)4-5-10)8-3-2-6-12-8/h2-3,6,10H,4-5H2,1H3. The predicted octanol–water partition coefficient (Wildman–Crippen LogP) is 1.09. The van der Waals surface area contributed by atoms with Crippen molar-refractivity contribution in [3.8, 4) is 0 Å². The fraction of sp³-hybridized carbons (Fsp3) is 0.375. The van der Waals surface area contributed by atoms with E-state index < -0.39 is 0 Å². The summed E-state index contributed by atoms with van der Waals surface area (Å²) in [5.74, 6) is -0.0556. The number of aliphatic hydroxyl groups is 1. The Morgan fingerprint density at radius 2 is 2.50 bits per heavy atom. The fourth-order valence-electron chi connectivity index (χ4n) is 0.847. The van der Waals surface area contributed by atoms with E-state index in [0.717, 1.165) is 5.00 Å². The molecule has 0 aliphatic heterocycles. The predicted molar refractivity (Wildman–Crippen MR) is 49.4 cm³/mol. The molecule has 0 aromatic carbocycles. The number of thiophene rings is 1. The molecule has 0 bridgehead atoms. The molecule has 66 valence electrons. The number of carbonyl (C=O) groups excluding carboxylic acids is 1. The number of rotatable bonds is 3. The summed E-state index contributed by atoms with van der Waals surface area (Å²) in [7, 11) is 1.71. The van der Waals surface area contributed by atoms with Crippen LogP contribution >= 0.6 is 11.3 Å². The molecule has 0 saturated carbocycles. The minimum absolute atomic E-state index is 0.0556. The maximum atomic E-state index is 11.2. The van der Waals surface area contributed by atoms with Crippen molar-refractivity contribution >= 4 is 22.2 Å². The second-order valence-electron chi connectivity index (χ2n) is 2.38. The van der Waals surface area contributed by atoms with Gasteiger partial charge in [-0.25, -0.2) is 0 Å². The zero-order valence-corrected chi connectivity index (χ0v) is 7.67. The van der Waals surface area contributed by atoms with Gasteiger partial charge in [-0.1, -0.05) is 0 Å². The van der Waals surface area contributed by atoms with Crippen molar-refractivity contribution in [1.29, 1.82) is 0 Å². The van der Waals surface area contributed by atoms with E-state index in [1.807, 2.05) is 17.5 Å². The number of carbonyl (C=O) groups is 1. The molecule has 4 heteroatoms. The first kappa shape index (κ1) is 9.22. The molecule has 12 heavy (non-hydrogen) atoms. The Labute approximate surface area is 75.2 Å². The molecule has 0 saturated heterocycles. The molecule has 0 aliphatic rings. The molecule has 1 aromatic rings. The van der Waals surface area contributed by atoms with Crippen LogP contribution in [-0.2, 0) is 4.79 Å². The summed E-state index contributed by atoms with van der Waals surface area (Å²) < 4.78 is 0. The fourth-order valence-corrected chi connectivity index (χ4v) is 1.56.